The Morgan fingerprint density at radius 3 is 2.45 bits per heavy atom. The van der Waals surface area contributed by atoms with Crippen molar-refractivity contribution in [1.29, 1.82) is 5.26 Å². The minimum atomic E-state index is -4.08. The van der Waals surface area contributed by atoms with Gasteiger partial charge in [-0.05, 0) is 51.8 Å². The molecule has 3 aromatic rings. The Balaban J connectivity index is 2.10. The summed E-state index contributed by atoms with van der Waals surface area (Å²) in [6.45, 7) is 0. The quantitative estimate of drug-likeness (QED) is 0.550. The summed E-state index contributed by atoms with van der Waals surface area (Å²) in [5.41, 5.74) is 2.07. The van der Waals surface area contributed by atoms with E-state index in [1.807, 2.05) is 36.4 Å². The van der Waals surface area contributed by atoms with E-state index in [4.69, 9.17) is 0 Å². The van der Waals surface area contributed by atoms with E-state index in [1.165, 1.54) is 31.4 Å². The van der Waals surface area contributed by atoms with Gasteiger partial charge in [-0.3, -0.25) is 4.72 Å². The van der Waals surface area contributed by atoms with Crippen LogP contribution in [0.3, 0.4) is 0 Å². The van der Waals surface area contributed by atoms with Crippen LogP contribution in [0.1, 0.15) is 15.9 Å². The van der Waals surface area contributed by atoms with Gasteiger partial charge >= 0.3 is 5.97 Å². The maximum absolute atomic E-state index is 13.1. The second-order valence-electron chi connectivity index (χ2n) is 5.98. The number of esters is 1. The summed E-state index contributed by atoms with van der Waals surface area (Å²) in [6.07, 6.45) is 0. The fraction of sp³-hybridized carbons (Fsp3) is 0.0476. The molecule has 6 nitrogen and oxygen atoms in total. The van der Waals surface area contributed by atoms with Gasteiger partial charge in [-0.25, -0.2) is 13.2 Å². The highest BCUT2D eigenvalue weighted by Gasteiger charge is 2.22. The van der Waals surface area contributed by atoms with Crippen LogP contribution in [0.5, 0.6) is 0 Å². The molecule has 3 rings (SSSR count). The van der Waals surface area contributed by atoms with Crippen LogP contribution < -0.4 is 4.72 Å². The smallest absolute Gasteiger partial charge is 0.337 e. The molecule has 0 spiro atoms. The number of ether oxygens (including phenoxy) is 1. The van der Waals surface area contributed by atoms with Crippen molar-refractivity contribution in [3.63, 3.8) is 0 Å². The largest absolute Gasteiger partial charge is 0.465 e. The highest BCUT2D eigenvalue weighted by Crippen LogP contribution is 2.32. The molecular weight excluding hydrogens is 456 g/mol. The Labute approximate surface area is 176 Å². The third-order valence-corrected chi connectivity index (χ3v) is 6.48. The molecule has 0 aromatic heterocycles. The number of anilines is 1. The highest BCUT2D eigenvalue weighted by atomic mass is 79.9. The topological polar surface area (TPSA) is 96.3 Å². The van der Waals surface area contributed by atoms with Gasteiger partial charge in [-0.2, -0.15) is 5.26 Å². The third kappa shape index (κ3) is 4.47. The van der Waals surface area contributed by atoms with Gasteiger partial charge in [0, 0.05) is 10.0 Å². The molecule has 0 amide bonds. The van der Waals surface area contributed by atoms with Crippen LogP contribution in [-0.2, 0) is 14.8 Å². The summed E-state index contributed by atoms with van der Waals surface area (Å²) in [4.78, 5) is 11.7. The predicted octanol–water partition coefficient (Wildman–Crippen LogP) is 4.58. The number of nitrogens with zero attached hydrogens (tertiary/aromatic N) is 1. The number of methoxy groups -OCH3 is 1. The molecule has 0 heterocycles. The molecular formula is C21H15BrN2O4S. The zero-order valence-corrected chi connectivity index (χ0v) is 17.6. The van der Waals surface area contributed by atoms with E-state index in [0.29, 0.717) is 11.1 Å². The van der Waals surface area contributed by atoms with Gasteiger partial charge in [-0.1, -0.05) is 36.4 Å². The first kappa shape index (κ1) is 20.6. The first-order chi connectivity index (χ1) is 13.9. The summed E-state index contributed by atoms with van der Waals surface area (Å²) in [6, 6.07) is 20.1. The monoisotopic (exact) mass is 470 g/mol. The van der Waals surface area contributed by atoms with Gasteiger partial charge in [0.15, 0.2) is 0 Å². The van der Waals surface area contributed by atoms with E-state index < -0.39 is 16.0 Å². The van der Waals surface area contributed by atoms with E-state index >= 15 is 0 Å². The average Bonchev–Trinajstić information content (AvgIpc) is 2.73. The molecule has 0 atom stereocenters. The molecule has 0 aliphatic heterocycles. The molecule has 0 saturated carbocycles. The molecule has 0 bridgehead atoms. The number of nitrogens with one attached hydrogen (secondary N) is 1. The van der Waals surface area contributed by atoms with Gasteiger partial charge in [0.1, 0.15) is 4.90 Å². The number of carbonyl (C=O) groups excluding carboxylic acids is 1. The van der Waals surface area contributed by atoms with E-state index in [2.05, 4.69) is 25.4 Å². The molecule has 0 aliphatic carbocycles. The molecule has 0 fully saturated rings. The molecule has 0 unspecified atom stereocenters. The van der Waals surface area contributed by atoms with Crippen molar-refractivity contribution < 1.29 is 17.9 Å². The van der Waals surface area contributed by atoms with Gasteiger partial charge < -0.3 is 4.74 Å². The average molecular weight is 471 g/mol. The summed E-state index contributed by atoms with van der Waals surface area (Å²) in [5, 5.41) is 9.22. The van der Waals surface area contributed by atoms with Crippen molar-refractivity contribution in [1.82, 2.24) is 0 Å². The lowest BCUT2D eigenvalue weighted by Gasteiger charge is -2.15. The van der Waals surface area contributed by atoms with Crippen LogP contribution in [0.2, 0.25) is 0 Å². The van der Waals surface area contributed by atoms with Crippen molar-refractivity contribution in [2.75, 3.05) is 11.8 Å². The number of carbonyl (C=O) groups is 1. The second-order valence-corrected chi connectivity index (χ2v) is 8.49. The standard InChI is InChI=1S/C21H15BrN2O4S/c1-28-21(25)16-8-10-18(22)20(12-16)29(26,27)24-19-11-14(13-23)7-9-17(19)15-5-3-2-4-6-15/h2-12,24H,1H3. The molecule has 1 N–H and O–H groups in total. The van der Waals surface area contributed by atoms with Gasteiger partial charge in [0.05, 0.1) is 30.0 Å². The lowest BCUT2D eigenvalue weighted by atomic mass is 10.0. The van der Waals surface area contributed by atoms with Gasteiger partial charge in [0.2, 0.25) is 0 Å². The van der Waals surface area contributed by atoms with Crippen LogP contribution in [0.4, 0.5) is 5.69 Å². The predicted molar refractivity (Wildman–Crippen MR) is 113 cm³/mol. The van der Waals surface area contributed by atoms with Crippen molar-refractivity contribution in [3.05, 3.63) is 82.3 Å². The van der Waals surface area contributed by atoms with Crippen molar-refractivity contribution in [2.45, 2.75) is 4.90 Å². The molecule has 29 heavy (non-hydrogen) atoms. The molecule has 0 saturated heterocycles. The Hall–Kier alpha value is -3.15. The summed E-state index contributed by atoms with van der Waals surface area (Å²) >= 11 is 3.22. The van der Waals surface area contributed by atoms with Crippen LogP contribution >= 0.6 is 15.9 Å². The zero-order valence-electron chi connectivity index (χ0n) is 15.2. The number of halogens is 1. The van der Waals surface area contributed by atoms with Crippen LogP contribution in [-0.4, -0.2) is 21.5 Å². The Bertz CT molecular complexity index is 1220. The number of benzene rings is 3. The number of hydrogen-bond donors (Lipinski definition) is 1. The van der Waals surface area contributed by atoms with Crippen LogP contribution in [0.25, 0.3) is 11.1 Å². The van der Waals surface area contributed by atoms with E-state index in [-0.39, 0.29) is 20.6 Å². The molecule has 0 radical (unpaired) electrons. The lowest BCUT2D eigenvalue weighted by molar-refractivity contribution is 0.0600. The SMILES string of the molecule is COC(=O)c1ccc(Br)c(S(=O)(=O)Nc2cc(C#N)ccc2-c2ccccc2)c1. The number of hydrogen-bond acceptors (Lipinski definition) is 5. The molecule has 3 aromatic carbocycles. The minimum absolute atomic E-state index is 0.102. The van der Waals surface area contributed by atoms with Crippen molar-refractivity contribution in [3.8, 4) is 17.2 Å². The summed E-state index contributed by atoms with van der Waals surface area (Å²) < 4.78 is 33.7. The van der Waals surface area contributed by atoms with E-state index in [1.54, 1.807) is 12.1 Å². The fourth-order valence-corrected chi connectivity index (χ4v) is 4.78. The molecule has 8 heteroatoms. The number of sulfonamides is 1. The second kappa shape index (κ2) is 8.47. The van der Waals surface area contributed by atoms with E-state index in [0.717, 1.165) is 5.56 Å². The number of rotatable bonds is 5. The summed E-state index contributed by atoms with van der Waals surface area (Å²) in [5.74, 6) is -0.648. The zero-order chi connectivity index (χ0) is 21.0. The first-order valence-electron chi connectivity index (χ1n) is 8.36. The minimum Gasteiger partial charge on any atom is -0.465 e. The molecule has 146 valence electrons. The van der Waals surface area contributed by atoms with E-state index in [9.17, 15) is 18.5 Å². The van der Waals surface area contributed by atoms with Crippen LogP contribution in [0.15, 0.2) is 76.1 Å². The highest BCUT2D eigenvalue weighted by molar-refractivity contribution is 9.10. The van der Waals surface area contributed by atoms with Crippen molar-refractivity contribution >= 4 is 37.6 Å². The number of nitriles is 1. The van der Waals surface area contributed by atoms with Crippen molar-refractivity contribution in [2.24, 2.45) is 0 Å². The Kier molecular flexibility index (Phi) is 6.01. The normalized spacial score (nSPS) is 10.8. The maximum atomic E-state index is 13.1. The Morgan fingerprint density at radius 1 is 1.07 bits per heavy atom. The van der Waals surface area contributed by atoms with Crippen LogP contribution in [0, 0.1) is 11.3 Å². The molecule has 0 aliphatic rings. The third-order valence-electron chi connectivity index (χ3n) is 4.12. The Morgan fingerprint density at radius 2 is 1.79 bits per heavy atom. The van der Waals surface area contributed by atoms with Gasteiger partial charge in [0.25, 0.3) is 10.0 Å². The lowest BCUT2D eigenvalue weighted by Crippen LogP contribution is -2.15. The van der Waals surface area contributed by atoms with Gasteiger partial charge in [-0.15, -0.1) is 0 Å². The fourth-order valence-electron chi connectivity index (χ4n) is 2.72. The summed E-state index contributed by atoms with van der Waals surface area (Å²) in [7, 11) is -2.86. The maximum Gasteiger partial charge on any atom is 0.337 e. The first-order valence-corrected chi connectivity index (χ1v) is 10.6.